The molecule has 32 heavy (non-hydrogen) atoms. The van der Waals surface area contributed by atoms with Crippen LogP contribution in [0.1, 0.15) is 16.1 Å². The van der Waals surface area contributed by atoms with Gasteiger partial charge in [0, 0.05) is 57.2 Å². The van der Waals surface area contributed by atoms with Gasteiger partial charge in [-0.3, -0.25) is 4.79 Å². The van der Waals surface area contributed by atoms with Crippen LogP contribution in [0.4, 0.5) is 5.69 Å². The second-order valence-electron chi connectivity index (χ2n) is 7.72. The summed E-state index contributed by atoms with van der Waals surface area (Å²) in [5, 5.41) is 0.659. The summed E-state index contributed by atoms with van der Waals surface area (Å²) in [6.07, 6.45) is 1.33. The third kappa shape index (κ3) is 4.92. The van der Waals surface area contributed by atoms with Crippen molar-refractivity contribution in [3.8, 4) is 0 Å². The molecule has 1 amide bonds. The number of methoxy groups -OCH3 is 1. The molecule has 0 atom stereocenters. The number of sulfonamides is 1. The van der Waals surface area contributed by atoms with Gasteiger partial charge in [-0.25, -0.2) is 13.2 Å². The molecule has 0 unspecified atom stereocenters. The Bertz CT molecular complexity index is 1120. The zero-order valence-corrected chi connectivity index (χ0v) is 20.1. The number of anilines is 1. The van der Waals surface area contributed by atoms with Crippen LogP contribution in [-0.2, 0) is 26.6 Å². The van der Waals surface area contributed by atoms with Crippen LogP contribution in [0, 0.1) is 6.92 Å². The Labute approximate surface area is 193 Å². The largest absolute Gasteiger partial charge is 0.464 e. The molecule has 2 heterocycles. The Balaban J connectivity index is 1.63. The fraction of sp³-hybridized carbons (Fsp3) is 0.429. The van der Waals surface area contributed by atoms with Crippen molar-refractivity contribution < 1.29 is 22.7 Å². The average Bonchev–Trinajstić information content (AvgIpc) is 3.17. The molecule has 1 aromatic heterocycles. The van der Waals surface area contributed by atoms with Gasteiger partial charge in [0.2, 0.25) is 15.9 Å². The second-order valence-corrected chi connectivity index (χ2v) is 10.2. The van der Waals surface area contributed by atoms with Crippen LogP contribution in [-0.4, -0.2) is 80.9 Å². The van der Waals surface area contributed by atoms with Crippen molar-refractivity contribution in [2.24, 2.45) is 7.05 Å². The minimum atomic E-state index is -3.95. The number of piperazine rings is 1. The number of likely N-dealkylation sites (N-methyl/N-ethyl adjacent to an activating group) is 1. The molecular weight excluding hydrogens is 456 g/mol. The van der Waals surface area contributed by atoms with E-state index in [2.05, 4.69) is 9.64 Å². The summed E-state index contributed by atoms with van der Waals surface area (Å²) in [6, 6.07) is 6.97. The standard InChI is InChI=1S/C21H27ClN4O5S/c1-15-5-6-16(22)11-18(15)25-7-9-26(10-8-25)20(27)14-24(3)32(29,30)17-12-19(21(28)31-4)23(2)13-17/h5-6,11-13H,7-10,14H2,1-4H3. The lowest BCUT2D eigenvalue weighted by Crippen LogP contribution is -2.51. The third-order valence-electron chi connectivity index (χ3n) is 5.58. The third-order valence-corrected chi connectivity index (χ3v) is 7.59. The van der Waals surface area contributed by atoms with E-state index in [1.807, 2.05) is 25.1 Å². The normalized spacial score (nSPS) is 14.7. The van der Waals surface area contributed by atoms with Crippen molar-refractivity contribution in [1.82, 2.24) is 13.8 Å². The molecule has 1 fully saturated rings. The van der Waals surface area contributed by atoms with Crippen molar-refractivity contribution in [2.45, 2.75) is 11.8 Å². The highest BCUT2D eigenvalue weighted by atomic mass is 35.5. The van der Waals surface area contributed by atoms with Gasteiger partial charge in [-0.1, -0.05) is 17.7 Å². The monoisotopic (exact) mass is 482 g/mol. The van der Waals surface area contributed by atoms with Crippen LogP contribution in [0.25, 0.3) is 0 Å². The molecule has 1 aliphatic rings. The smallest absolute Gasteiger partial charge is 0.354 e. The summed E-state index contributed by atoms with van der Waals surface area (Å²) in [7, 11) is 0.180. The van der Waals surface area contributed by atoms with E-state index in [1.54, 1.807) is 11.9 Å². The van der Waals surface area contributed by atoms with E-state index in [1.165, 1.54) is 31.0 Å². The summed E-state index contributed by atoms with van der Waals surface area (Å²) >= 11 is 6.12. The van der Waals surface area contributed by atoms with Crippen LogP contribution in [0.15, 0.2) is 35.4 Å². The number of benzene rings is 1. The summed E-state index contributed by atoms with van der Waals surface area (Å²) in [5.41, 5.74) is 2.25. The second kappa shape index (κ2) is 9.51. The number of halogens is 1. The van der Waals surface area contributed by atoms with Gasteiger partial charge in [0.1, 0.15) is 10.6 Å². The lowest BCUT2D eigenvalue weighted by molar-refractivity contribution is -0.131. The van der Waals surface area contributed by atoms with Gasteiger partial charge in [0.05, 0.1) is 13.7 Å². The molecule has 0 radical (unpaired) electrons. The van der Waals surface area contributed by atoms with Crippen molar-refractivity contribution >= 4 is 39.2 Å². The first-order chi connectivity index (χ1) is 15.0. The fourth-order valence-corrected chi connectivity index (χ4v) is 5.02. The van der Waals surface area contributed by atoms with E-state index in [9.17, 15) is 18.0 Å². The van der Waals surface area contributed by atoms with Crippen LogP contribution in [0.2, 0.25) is 5.02 Å². The summed E-state index contributed by atoms with van der Waals surface area (Å²) in [6.45, 7) is 3.95. The molecule has 1 aromatic carbocycles. The molecule has 0 saturated carbocycles. The Morgan fingerprint density at radius 1 is 1.16 bits per heavy atom. The molecule has 2 aromatic rings. The predicted octanol–water partition coefficient (Wildman–Crippen LogP) is 1.74. The Hall–Kier alpha value is -2.56. The molecule has 0 N–H and O–H groups in total. The zero-order valence-electron chi connectivity index (χ0n) is 18.5. The van der Waals surface area contributed by atoms with Crippen molar-refractivity contribution in [1.29, 1.82) is 0 Å². The van der Waals surface area contributed by atoms with Crippen LogP contribution in [0.5, 0.6) is 0 Å². The van der Waals surface area contributed by atoms with Gasteiger partial charge in [-0.2, -0.15) is 4.31 Å². The van der Waals surface area contributed by atoms with Gasteiger partial charge >= 0.3 is 5.97 Å². The lowest BCUT2D eigenvalue weighted by Gasteiger charge is -2.37. The number of carbonyl (C=O) groups is 2. The molecule has 1 aliphatic heterocycles. The van der Waals surface area contributed by atoms with E-state index in [4.69, 9.17) is 11.6 Å². The first-order valence-corrected chi connectivity index (χ1v) is 11.9. The lowest BCUT2D eigenvalue weighted by atomic mass is 10.1. The number of rotatable bonds is 6. The predicted molar refractivity (Wildman–Crippen MR) is 122 cm³/mol. The van der Waals surface area contributed by atoms with Gasteiger partial charge < -0.3 is 19.1 Å². The Morgan fingerprint density at radius 2 is 1.81 bits per heavy atom. The average molecular weight is 483 g/mol. The number of carbonyl (C=O) groups excluding carboxylic acids is 2. The number of hydrogen-bond acceptors (Lipinski definition) is 6. The molecule has 11 heteroatoms. The number of aryl methyl sites for hydroxylation is 2. The molecular formula is C21H27ClN4O5S. The maximum atomic E-state index is 12.9. The maximum absolute atomic E-state index is 12.9. The van der Waals surface area contributed by atoms with Crippen molar-refractivity contribution in [3.05, 3.63) is 46.7 Å². The minimum Gasteiger partial charge on any atom is -0.464 e. The van der Waals surface area contributed by atoms with E-state index in [0.29, 0.717) is 31.2 Å². The quantitative estimate of drug-likeness (QED) is 0.582. The molecule has 9 nitrogen and oxygen atoms in total. The number of aromatic nitrogens is 1. The number of hydrogen-bond donors (Lipinski definition) is 0. The number of nitrogens with zero attached hydrogens (tertiary/aromatic N) is 4. The topological polar surface area (TPSA) is 92.2 Å². The maximum Gasteiger partial charge on any atom is 0.354 e. The van der Waals surface area contributed by atoms with Crippen LogP contribution < -0.4 is 4.90 Å². The zero-order chi connectivity index (χ0) is 23.6. The highest BCUT2D eigenvalue weighted by Gasteiger charge is 2.29. The van der Waals surface area contributed by atoms with Crippen LogP contribution >= 0.6 is 11.6 Å². The number of esters is 1. The summed E-state index contributed by atoms with van der Waals surface area (Å²) < 4.78 is 32.8. The van der Waals surface area contributed by atoms with Gasteiger partial charge in [0.15, 0.2) is 0 Å². The van der Waals surface area contributed by atoms with Crippen LogP contribution in [0.3, 0.4) is 0 Å². The fourth-order valence-electron chi connectivity index (χ4n) is 3.66. The highest BCUT2D eigenvalue weighted by molar-refractivity contribution is 7.89. The molecule has 0 spiro atoms. The molecule has 1 saturated heterocycles. The van der Waals surface area contributed by atoms with Crippen molar-refractivity contribution in [3.63, 3.8) is 0 Å². The van der Waals surface area contributed by atoms with E-state index >= 15 is 0 Å². The Kier molecular flexibility index (Phi) is 7.16. The SMILES string of the molecule is COC(=O)c1cc(S(=O)(=O)N(C)CC(=O)N2CCN(c3cc(Cl)ccc3C)CC2)cn1C. The Morgan fingerprint density at radius 3 is 2.44 bits per heavy atom. The summed E-state index contributed by atoms with van der Waals surface area (Å²) in [5.74, 6) is -0.914. The number of amides is 1. The van der Waals surface area contributed by atoms with Gasteiger partial charge in [-0.15, -0.1) is 0 Å². The number of ether oxygens (including phenoxy) is 1. The van der Waals surface area contributed by atoms with Gasteiger partial charge in [0.25, 0.3) is 0 Å². The van der Waals surface area contributed by atoms with E-state index in [0.717, 1.165) is 15.6 Å². The van der Waals surface area contributed by atoms with E-state index < -0.39 is 16.0 Å². The van der Waals surface area contributed by atoms with Gasteiger partial charge in [-0.05, 0) is 30.7 Å². The minimum absolute atomic E-state index is 0.0723. The van der Waals surface area contributed by atoms with E-state index in [-0.39, 0.29) is 23.0 Å². The molecule has 0 bridgehead atoms. The summed E-state index contributed by atoms with van der Waals surface area (Å²) in [4.78, 5) is 28.3. The first-order valence-electron chi connectivity index (χ1n) is 10.0. The molecule has 174 valence electrons. The van der Waals surface area contributed by atoms with Crippen molar-refractivity contribution in [2.75, 3.05) is 51.8 Å². The molecule has 0 aliphatic carbocycles. The highest BCUT2D eigenvalue weighted by Crippen LogP contribution is 2.25. The molecule has 3 rings (SSSR count). The first kappa shape index (κ1) is 24.1.